The van der Waals surface area contributed by atoms with Crippen LogP contribution in [0, 0.1) is 0 Å². The highest BCUT2D eigenvalue weighted by Gasteiger charge is 2.17. The maximum absolute atomic E-state index is 12.8. The molecule has 0 aliphatic heterocycles. The van der Waals surface area contributed by atoms with Gasteiger partial charge >= 0.3 is 11.9 Å². The highest BCUT2D eigenvalue weighted by atomic mass is 16.6. The van der Waals surface area contributed by atoms with Crippen LogP contribution in [0.3, 0.4) is 0 Å². The first-order valence-corrected chi connectivity index (χ1v) is 27.8. The second-order valence-electron chi connectivity index (χ2n) is 18.5. The average molecular weight is 895 g/mol. The van der Waals surface area contributed by atoms with Crippen LogP contribution in [-0.2, 0) is 23.8 Å². The van der Waals surface area contributed by atoms with E-state index in [0.29, 0.717) is 19.4 Å². The molecule has 0 heterocycles. The zero-order valence-electron chi connectivity index (χ0n) is 42.8. The first kappa shape index (κ1) is 61.6. The minimum atomic E-state index is -0.565. The SMILES string of the molecule is CCCCC/C=C\C/C=C\C/C=C\C/C=C\CCCC(=O)O[C@H](COCCCCCCCCCCCCCCCCCC)COC(=O)CCCCCCCCC/C=C\CCCCCC. The summed E-state index contributed by atoms with van der Waals surface area (Å²) in [7, 11) is 0. The van der Waals surface area contributed by atoms with Gasteiger partial charge in [0.15, 0.2) is 6.10 Å². The molecule has 64 heavy (non-hydrogen) atoms. The van der Waals surface area contributed by atoms with E-state index in [9.17, 15) is 9.59 Å². The van der Waals surface area contributed by atoms with E-state index in [1.807, 2.05) is 0 Å². The molecular weight excluding hydrogens is 789 g/mol. The first-order valence-electron chi connectivity index (χ1n) is 27.8. The lowest BCUT2D eigenvalue weighted by Crippen LogP contribution is -2.30. The normalized spacial score (nSPS) is 12.6. The van der Waals surface area contributed by atoms with E-state index in [2.05, 4.69) is 81.5 Å². The minimum absolute atomic E-state index is 0.0634. The van der Waals surface area contributed by atoms with Gasteiger partial charge in [-0.05, 0) is 83.5 Å². The molecule has 0 N–H and O–H groups in total. The molecule has 0 saturated heterocycles. The van der Waals surface area contributed by atoms with Gasteiger partial charge in [0.05, 0.1) is 6.61 Å². The van der Waals surface area contributed by atoms with Gasteiger partial charge in [0.2, 0.25) is 0 Å². The first-order chi connectivity index (χ1) is 31.6. The van der Waals surface area contributed by atoms with Gasteiger partial charge in [0, 0.05) is 19.4 Å². The summed E-state index contributed by atoms with van der Waals surface area (Å²) >= 11 is 0. The summed E-state index contributed by atoms with van der Waals surface area (Å²) in [6.07, 6.45) is 69.5. The standard InChI is InChI=1S/C59H106O5/c1-4-7-10-13-16-19-22-25-28-30-32-35-38-41-44-47-50-53-59(61)64-57(55-62-54-51-48-45-42-39-36-33-29-26-23-20-17-14-11-8-5-2)56-63-58(60)52-49-46-43-40-37-34-31-27-24-21-18-15-12-9-6-3/h16,19,21,24-25,28,32,35,41,44,57H,4-15,17-18,20,22-23,26-27,29-31,33-34,36-40,42-43,45-56H2,1-3H3/b19-16-,24-21-,28-25-,35-32-,44-41-/t57-/m1/s1. The van der Waals surface area contributed by atoms with Gasteiger partial charge in [-0.3, -0.25) is 9.59 Å². The Bertz CT molecular complexity index is 1100. The van der Waals surface area contributed by atoms with Crippen LogP contribution < -0.4 is 0 Å². The Morgan fingerprint density at radius 3 is 1.16 bits per heavy atom. The molecule has 0 spiro atoms. The number of allylic oxidation sites excluding steroid dienone is 10. The molecule has 0 saturated carbocycles. The van der Waals surface area contributed by atoms with Crippen LogP contribution >= 0.6 is 0 Å². The van der Waals surface area contributed by atoms with Gasteiger partial charge in [-0.2, -0.15) is 0 Å². The van der Waals surface area contributed by atoms with Crippen molar-refractivity contribution in [1.82, 2.24) is 0 Å². The van der Waals surface area contributed by atoms with Crippen molar-refractivity contribution in [3.05, 3.63) is 60.8 Å². The number of carbonyl (C=O) groups is 2. The Hall–Kier alpha value is -2.40. The second kappa shape index (κ2) is 54.9. The number of unbranched alkanes of at least 4 members (excludes halogenated alkanes) is 30. The molecule has 0 aliphatic rings. The lowest BCUT2D eigenvalue weighted by Gasteiger charge is -2.18. The smallest absolute Gasteiger partial charge is 0.306 e. The Kier molecular flexibility index (Phi) is 52.9. The summed E-state index contributed by atoms with van der Waals surface area (Å²) < 4.78 is 17.4. The lowest BCUT2D eigenvalue weighted by molar-refractivity contribution is -0.162. The van der Waals surface area contributed by atoms with Crippen molar-refractivity contribution in [2.24, 2.45) is 0 Å². The topological polar surface area (TPSA) is 61.8 Å². The van der Waals surface area contributed by atoms with Gasteiger partial charge in [0.1, 0.15) is 6.61 Å². The van der Waals surface area contributed by atoms with Crippen molar-refractivity contribution in [3.63, 3.8) is 0 Å². The molecule has 5 heteroatoms. The molecule has 0 amide bonds. The predicted octanol–water partition coefficient (Wildman–Crippen LogP) is 18.9. The number of carbonyl (C=O) groups excluding carboxylic acids is 2. The Labute approximate surface area is 398 Å². The fraction of sp³-hybridized carbons (Fsp3) is 0.797. The fourth-order valence-electron chi connectivity index (χ4n) is 7.85. The summed E-state index contributed by atoms with van der Waals surface area (Å²) in [6, 6.07) is 0. The van der Waals surface area contributed by atoms with Crippen LogP contribution in [0.25, 0.3) is 0 Å². The van der Waals surface area contributed by atoms with E-state index >= 15 is 0 Å². The van der Waals surface area contributed by atoms with Crippen LogP contribution in [-0.4, -0.2) is 37.9 Å². The summed E-state index contributed by atoms with van der Waals surface area (Å²) in [4.78, 5) is 25.4. The molecule has 0 rings (SSSR count). The average Bonchev–Trinajstić information content (AvgIpc) is 3.30. The van der Waals surface area contributed by atoms with Gasteiger partial charge in [-0.1, -0.05) is 242 Å². The third-order valence-corrected chi connectivity index (χ3v) is 12.0. The summed E-state index contributed by atoms with van der Waals surface area (Å²) in [5, 5.41) is 0. The van der Waals surface area contributed by atoms with Crippen molar-refractivity contribution in [2.45, 2.75) is 284 Å². The number of hydrogen-bond acceptors (Lipinski definition) is 5. The zero-order chi connectivity index (χ0) is 46.3. The summed E-state index contributed by atoms with van der Waals surface area (Å²) in [5.41, 5.74) is 0. The molecule has 372 valence electrons. The van der Waals surface area contributed by atoms with Gasteiger partial charge in [-0.15, -0.1) is 0 Å². The fourth-order valence-corrected chi connectivity index (χ4v) is 7.85. The van der Waals surface area contributed by atoms with Crippen molar-refractivity contribution in [3.8, 4) is 0 Å². The number of ether oxygens (including phenoxy) is 3. The van der Waals surface area contributed by atoms with Gasteiger partial charge in [-0.25, -0.2) is 0 Å². The Balaban J connectivity index is 4.35. The number of rotatable bonds is 51. The van der Waals surface area contributed by atoms with Crippen LogP contribution in [0.4, 0.5) is 0 Å². The minimum Gasteiger partial charge on any atom is -0.462 e. The molecule has 0 aliphatic carbocycles. The third kappa shape index (κ3) is 52.2. The molecule has 5 nitrogen and oxygen atoms in total. The monoisotopic (exact) mass is 895 g/mol. The largest absolute Gasteiger partial charge is 0.462 e. The van der Waals surface area contributed by atoms with E-state index in [1.165, 1.54) is 180 Å². The highest BCUT2D eigenvalue weighted by Crippen LogP contribution is 2.15. The van der Waals surface area contributed by atoms with Crippen LogP contribution in [0.15, 0.2) is 60.8 Å². The van der Waals surface area contributed by atoms with Crippen molar-refractivity contribution in [1.29, 1.82) is 0 Å². The van der Waals surface area contributed by atoms with E-state index in [1.54, 1.807) is 0 Å². The van der Waals surface area contributed by atoms with E-state index in [4.69, 9.17) is 14.2 Å². The highest BCUT2D eigenvalue weighted by molar-refractivity contribution is 5.70. The van der Waals surface area contributed by atoms with Crippen LogP contribution in [0.1, 0.15) is 278 Å². The van der Waals surface area contributed by atoms with Gasteiger partial charge in [0.25, 0.3) is 0 Å². The molecule has 0 radical (unpaired) electrons. The Morgan fingerprint density at radius 1 is 0.344 bits per heavy atom. The molecule has 0 bridgehead atoms. The molecule has 0 unspecified atom stereocenters. The van der Waals surface area contributed by atoms with Crippen LogP contribution in [0.2, 0.25) is 0 Å². The van der Waals surface area contributed by atoms with E-state index < -0.39 is 6.10 Å². The zero-order valence-corrected chi connectivity index (χ0v) is 42.8. The summed E-state index contributed by atoms with van der Waals surface area (Å²) in [6.45, 7) is 7.76. The molecular formula is C59H106O5. The quantitative estimate of drug-likeness (QED) is 0.0346. The molecule has 0 aromatic rings. The van der Waals surface area contributed by atoms with Crippen molar-refractivity contribution < 1.29 is 23.8 Å². The van der Waals surface area contributed by atoms with Crippen molar-refractivity contribution >= 4 is 11.9 Å². The third-order valence-electron chi connectivity index (χ3n) is 12.0. The Morgan fingerprint density at radius 2 is 0.672 bits per heavy atom. The van der Waals surface area contributed by atoms with Crippen molar-refractivity contribution in [2.75, 3.05) is 19.8 Å². The predicted molar refractivity (Wildman–Crippen MR) is 279 cm³/mol. The summed E-state index contributed by atoms with van der Waals surface area (Å²) in [5.74, 6) is -0.456. The van der Waals surface area contributed by atoms with E-state index in [0.717, 1.165) is 64.2 Å². The molecule has 0 fully saturated rings. The van der Waals surface area contributed by atoms with E-state index in [-0.39, 0.29) is 25.2 Å². The number of esters is 2. The maximum Gasteiger partial charge on any atom is 0.306 e. The lowest BCUT2D eigenvalue weighted by atomic mass is 10.0. The maximum atomic E-state index is 12.8. The molecule has 0 aromatic carbocycles. The molecule has 0 aromatic heterocycles. The molecule has 1 atom stereocenters. The second-order valence-corrected chi connectivity index (χ2v) is 18.5. The number of hydrogen-bond donors (Lipinski definition) is 0. The van der Waals surface area contributed by atoms with Crippen LogP contribution in [0.5, 0.6) is 0 Å². The van der Waals surface area contributed by atoms with Gasteiger partial charge < -0.3 is 14.2 Å².